The van der Waals surface area contributed by atoms with E-state index in [4.69, 9.17) is 10.00 Å². The van der Waals surface area contributed by atoms with E-state index >= 15 is 0 Å². The number of hydrogen-bond donors (Lipinski definition) is 1. The monoisotopic (exact) mass is 378 g/mol. The summed E-state index contributed by atoms with van der Waals surface area (Å²) in [6.45, 7) is 2.26. The summed E-state index contributed by atoms with van der Waals surface area (Å²) >= 11 is 0. The standard InChI is InChI=1S/C21H26N6O/c1-2-14-9-16(28-15-5-3-13(11-22)4-6-15)10-17(14)21-26-25-19-12-24-20-18(27(19)21)7-8-23-20/h7-8,12-17,23H,2-6,9-10H2,1H3/t13-,14-,15+,16-,17+/m1/s1. The summed E-state index contributed by atoms with van der Waals surface area (Å²) < 4.78 is 8.66. The van der Waals surface area contributed by atoms with Gasteiger partial charge in [-0.3, -0.25) is 4.40 Å². The molecule has 5 rings (SSSR count). The molecule has 7 heteroatoms. The van der Waals surface area contributed by atoms with Crippen LogP contribution >= 0.6 is 0 Å². The normalized spacial score (nSPS) is 30.8. The largest absolute Gasteiger partial charge is 0.375 e. The van der Waals surface area contributed by atoms with Crippen LogP contribution in [0.3, 0.4) is 0 Å². The maximum atomic E-state index is 9.10. The van der Waals surface area contributed by atoms with Gasteiger partial charge in [-0.25, -0.2) is 4.98 Å². The third kappa shape index (κ3) is 2.96. The van der Waals surface area contributed by atoms with Crippen molar-refractivity contribution in [2.24, 2.45) is 11.8 Å². The first-order valence-electron chi connectivity index (χ1n) is 10.5. The molecule has 0 bridgehead atoms. The Bertz CT molecular complexity index is 1010. The second-order valence-corrected chi connectivity index (χ2v) is 8.33. The fourth-order valence-corrected chi connectivity index (χ4v) is 5.19. The summed E-state index contributed by atoms with van der Waals surface area (Å²) in [6, 6.07) is 4.45. The van der Waals surface area contributed by atoms with Crippen LogP contribution in [0.2, 0.25) is 0 Å². The Kier molecular flexibility index (Phi) is 4.52. The zero-order valence-electron chi connectivity index (χ0n) is 16.2. The summed E-state index contributed by atoms with van der Waals surface area (Å²) in [5.74, 6) is 2.16. The number of nitrogens with zero attached hydrogens (tertiary/aromatic N) is 5. The quantitative estimate of drug-likeness (QED) is 0.741. The molecule has 3 aromatic rings. The fraction of sp³-hybridized carbons (Fsp3) is 0.619. The summed E-state index contributed by atoms with van der Waals surface area (Å²) in [7, 11) is 0. The highest BCUT2D eigenvalue weighted by Crippen LogP contribution is 2.43. The number of nitriles is 1. The Morgan fingerprint density at radius 2 is 2.07 bits per heavy atom. The van der Waals surface area contributed by atoms with Crippen LogP contribution in [0.5, 0.6) is 0 Å². The van der Waals surface area contributed by atoms with E-state index in [1.165, 1.54) is 0 Å². The lowest BCUT2D eigenvalue weighted by Crippen LogP contribution is -2.25. The molecule has 0 unspecified atom stereocenters. The molecule has 146 valence electrons. The molecule has 3 heterocycles. The molecule has 1 N–H and O–H groups in total. The molecule has 28 heavy (non-hydrogen) atoms. The van der Waals surface area contributed by atoms with Crippen LogP contribution in [0, 0.1) is 23.2 Å². The highest BCUT2D eigenvalue weighted by Gasteiger charge is 2.39. The van der Waals surface area contributed by atoms with Gasteiger partial charge in [-0.05, 0) is 50.5 Å². The highest BCUT2D eigenvalue weighted by molar-refractivity contribution is 5.74. The van der Waals surface area contributed by atoms with Gasteiger partial charge in [-0.1, -0.05) is 13.3 Å². The van der Waals surface area contributed by atoms with Crippen LogP contribution < -0.4 is 0 Å². The van der Waals surface area contributed by atoms with Crippen molar-refractivity contribution >= 4 is 16.8 Å². The van der Waals surface area contributed by atoms with Crippen molar-refractivity contribution in [1.82, 2.24) is 24.6 Å². The fourth-order valence-electron chi connectivity index (χ4n) is 5.19. The zero-order chi connectivity index (χ0) is 19.1. The molecule has 0 spiro atoms. The smallest absolute Gasteiger partial charge is 0.179 e. The number of nitrogens with one attached hydrogen (secondary N) is 1. The first kappa shape index (κ1) is 17.6. The van der Waals surface area contributed by atoms with Gasteiger partial charge in [0, 0.05) is 18.0 Å². The zero-order valence-corrected chi connectivity index (χ0v) is 16.2. The van der Waals surface area contributed by atoms with Crippen LogP contribution in [0.25, 0.3) is 16.8 Å². The van der Waals surface area contributed by atoms with Gasteiger partial charge < -0.3 is 9.72 Å². The number of aromatic nitrogens is 5. The Morgan fingerprint density at radius 3 is 2.86 bits per heavy atom. The maximum absolute atomic E-state index is 9.10. The van der Waals surface area contributed by atoms with Gasteiger partial charge in [0.15, 0.2) is 11.3 Å². The van der Waals surface area contributed by atoms with Gasteiger partial charge in [0.25, 0.3) is 0 Å². The van der Waals surface area contributed by atoms with Crippen molar-refractivity contribution in [3.8, 4) is 6.07 Å². The van der Waals surface area contributed by atoms with Gasteiger partial charge in [0.2, 0.25) is 0 Å². The molecule has 0 amide bonds. The van der Waals surface area contributed by atoms with Crippen molar-refractivity contribution in [2.45, 2.75) is 70.0 Å². The SMILES string of the molecule is CC[C@@H]1C[C@@H](O[C@H]2CC[C@@H](C#N)CC2)C[C@@H]1c1nnc2cnc3[nH]ccc3n12. The van der Waals surface area contributed by atoms with Crippen LogP contribution in [0.4, 0.5) is 0 Å². The first-order chi connectivity index (χ1) is 13.8. The van der Waals surface area contributed by atoms with Crippen LogP contribution in [-0.2, 0) is 4.74 Å². The van der Waals surface area contributed by atoms with E-state index in [0.717, 1.165) is 67.6 Å². The van der Waals surface area contributed by atoms with E-state index in [1.54, 1.807) is 6.20 Å². The number of rotatable bonds is 4. The first-order valence-corrected chi connectivity index (χ1v) is 10.5. The second kappa shape index (κ2) is 7.17. The highest BCUT2D eigenvalue weighted by atomic mass is 16.5. The van der Waals surface area contributed by atoms with Crippen molar-refractivity contribution in [3.05, 3.63) is 24.3 Å². The molecule has 2 aliphatic rings. The molecule has 3 aromatic heterocycles. The molecule has 0 saturated heterocycles. The summed E-state index contributed by atoms with van der Waals surface area (Å²) in [5.41, 5.74) is 2.70. The van der Waals surface area contributed by atoms with E-state index in [0.29, 0.717) is 17.9 Å². The molecule has 0 aromatic carbocycles. The van der Waals surface area contributed by atoms with E-state index in [9.17, 15) is 0 Å². The molecule has 0 aliphatic heterocycles. The maximum Gasteiger partial charge on any atom is 0.179 e. The van der Waals surface area contributed by atoms with E-state index in [-0.39, 0.29) is 12.0 Å². The van der Waals surface area contributed by atoms with E-state index in [2.05, 4.69) is 37.6 Å². The van der Waals surface area contributed by atoms with Gasteiger partial charge in [0.05, 0.1) is 30.0 Å². The van der Waals surface area contributed by atoms with E-state index < -0.39 is 0 Å². The Balaban J connectivity index is 1.38. The summed E-state index contributed by atoms with van der Waals surface area (Å²) in [4.78, 5) is 7.61. The number of aromatic amines is 1. The van der Waals surface area contributed by atoms with Gasteiger partial charge >= 0.3 is 0 Å². The minimum atomic E-state index is 0.222. The van der Waals surface area contributed by atoms with Crippen LogP contribution in [0.1, 0.15) is 63.6 Å². The van der Waals surface area contributed by atoms with Gasteiger partial charge in [-0.15, -0.1) is 10.2 Å². The Morgan fingerprint density at radius 1 is 1.21 bits per heavy atom. The van der Waals surface area contributed by atoms with Crippen molar-refractivity contribution in [3.63, 3.8) is 0 Å². The molecular weight excluding hydrogens is 352 g/mol. The molecule has 0 radical (unpaired) electrons. The Hall–Kier alpha value is -2.46. The predicted octanol–water partition coefficient (Wildman–Crippen LogP) is 3.98. The number of ether oxygens (including phenoxy) is 1. The molecule has 7 nitrogen and oxygen atoms in total. The summed E-state index contributed by atoms with van der Waals surface area (Å²) in [5, 5.41) is 18.1. The van der Waals surface area contributed by atoms with Crippen LogP contribution in [-0.4, -0.2) is 36.8 Å². The van der Waals surface area contributed by atoms with Gasteiger partial charge in [-0.2, -0.15) is 5.26 Å². The molecule has 2 fully saturated rings. The second-order valence-electron chi connectivity index (χ2n) is 8.33. The third-order valence-corrected chi connectivity index (χ3v) is 6.72. The number of hydrogen-bond acceptors (Lipinski definition) is 5. The molecule has 2 saturated carbocycles. The molecule has 3 atom stereocenters. The third-order valence-electron chi connectivity index (χ3n) is 6.72. The lowest BCUT2D eigenvalue weighted by molar-refractivity contribution is -0.0318. The topological polar surface area (TPSA) is 91.9 Å². The lowest BCUT2D eigenvalue weighted by Gasteiger charge is -2.27. The minimum absolute atomic E-state index is 0.222. The van der Waals surface area contributed by atoms with Crippen molar-refractivity contribution in [1.29, 1.82) is 5.26 Å². The number of H-pyrrole nitrogens is 1. The summed E-state index contributed by atoms with van der Waals surface area (Å²) in [6.07, 6.45) is 11.4. The van der Waals surface area contributed by atoms with Gasteiger partial charge in [0.1, 0.15) is 5.82 Å². The average Bonchev–Trinajstić information content (AvgIpc) is 3.45. The lowest BCUT2D eigenvalue weighted by atomic mass is 9.88. The van der Waals surface area contributed by atoms with E-state index in [1.807, 2.05) is 12.3 Å². The predicted molar refractivity (Wildman–Crippen MR) is 105 cm³/mol. The van der Waals surface area contributed by atoms with Crippen molar-refractivity contribution < 1.29 is 4.74 Å². The molecule has 2 aliphatic carbocycles. The van der Waals surface area contributed by atoms with Crippen molar-refractivity contribution in [2.75, 3.05) is 0 Å². The average molecular weight is 378 g/mol. The minimum Gasteiger partial charge on any atom is -0.375 e. The molecular formula is C21H26N6O. The van der Waals surface area contributed by atoms with Crippen LogP contribution in [0.15, 0.2) is 18.5 Å². The Labute approximate surface area is 164 Å². The number of fused-ring (bicyclic) bond motifs is 3.